The summed E-state index contributed by atoms with van der Waals surface area (Å²) < 4.78 is 2.06. The van der Waals surface area contributed by atoms with Gasteiger partial charge in [0.05, 0.1) is 5.69 Å². The van der Waals surface area contributed by atoms with E-state index in [2.05, 4.69) is 56.4 Å². The molecule has 0 spiro atoms. The van der Waals surface area contributed by atoms with Gasteiger partial charge in [0.2, 0.25) is 0 Å². The van der Waals surface area contributed by atoms with Crippen LogP contribution in [0.5, 0.6) is 0 Å². The van der Waals surface area contributed by atoms with Gasteiger partial charge in [0, 0.05) is 43.1 Å². The number of aryl methyl sites for hydroxylation is 2. The van der Waals surface area contributed by atoms with Crippen LogP contribution in [0.4, 0.5) is 5.82 Å². The molecule has 0 amide bonds. The van der Waals surface area contributed by atoms with E-state index in [1.807, 2.05) is 0 Å². The third kappa shape index (κ3) is 2.21. The number of halogens is 1. The van der Waals surface area contributed by atoms with Gasteiger partial charge in [-0.05, 0) is 33.2 Å². The molecule has 4 nitrogen and oxygen atoms in total. The highest BCUT2D eigenvalue weighted by molar-refractivity contribution is 9.08. The standard InChI is InChI=1S/C14H23BrN4/c1-10-8-18-6-4-5-12(18)9-19(10)14-13(7-15)11(2)16-17(14)3/h10,12H,4-9H2,1-3H3. The van der Waals surface area contributed by atoms with Crippen molar-refractivity contribution in [2.24, 2.45) is 7.05 Å². The van der Waals surface area contributed by atoms with Crippen molar-refractivity contribution in [2.45, 2.75) is 44.1 Å². The molecule has 0 bridgehead atoms. The summed E-state index contributed by atoms with van der Waals surface area (Å²) in [5, 5.41) is 5.50. The van der Waals surface area contributed by atoms with E-state index >= 15 is 0 Å². The van der Waals surface area contributed by atoms with Gasteiger partial charge in [0.15, 0.2) is 0 Å². The number of hydrogen-bond donors (Lipinski definition) is 0. The van der Waals surface area contributed by atoms with E-state index in [1.54, 1.807) is 0 Å². The minimum absolute atomic E-state index is 0.571. The molecule has 1 aromatic heterocycles. The highest BCUT2D eigenvalue weighted by Gasteiger charge is 2.36. The van der Waals surface area contributed by atoms with Crippen molar-refractivity contribution < 1.29 is 0 Å². The van der Waals surface area contributed by atoms with Gasteiger partial charge < -0.3 is 4.90 Å². The first-order valence-corrected chi connectivity index (χ1v) is 8.33. The van der Waals surface area contributed by atoms with Gasteiger partial charge in [-0.3, -0.25) is 9.58 Å². The van der Waals surface area contributed by atoms with Gasteiger partial charge in [-0.1, -0.05) is 15.9 Å². The molecule has 2 saturated heterocycles. The fourth-order valence-electron chi connectivity index (χ4n) is 3.69. The molecule has 0 aliphatic carbocycles. The Morgan fingerprint density at radius 2 is 2.16 bits per heavy atom. The summed E-state index contributed by atoms with van der Waals surface area (Å²) in [6.45, 7) is 8.08. The van der Waals surface area contributed by atoms with Gasteiger partial charge in [-0.25, -0.2) is 0 Å². The number of aromatic nitrogens is 2. The van der Waals surface area contributed by atoms with Gasteiger partial charge in [0.25, 0.3) is 0 Å². The first kappa shape index (κ1) is 13.4. The van der Waals surface area contributed by atoms with Crippen molar-refractivity contribution >= 4 is 21.7 Å². The second-order valence-electron chi connectivity index (χ2n) is 5.94. The average Bonchev–Trinajstić information content (AvgIpc) is 2.91. The minimum atomic E-state index is 0.571. The molecule has 0 aromatic carbocycles. The van der Waals surface area contributed by atoms with E-state index in [4.69, 9.17) is 0 Å². The molecule has 3 heterocycles. The van der Waals surface area contributed by atoms with Crippen LogP contribution in [0.15, 0.2) is 0 Å². The molecule has 0 N–H and O–H groups in total. The van der Waals surface area contributed by atoms with Crippen LogP contribution in [0.3, 0.4) is 0 Å². The molecule has 2 unspecified atom stereocenters. The quantitative estimate of drug-likeness (QED) is 0.779. The summed E-state index contributed by atoms with van der Waals surface area (Å²) in [5.41, 5.74) is 2.50. The molecule has 2 atom stereocenters. The Kier molecular flexibility index (Phi) is 3.60. The molecule has 0 saturated carbocycles. The fraction of sp³-hybridized carbons (Fsp3) is 0.786. The zero-order valence-electron chi connectivity index (χ0n) is 12.1. The lowest BCUT2D eigenvalue weighted by molar-refractivity contribution is 0.201. The zero-order valence-corrected chi connectivity index (χ0v) is 13.7. The summed E-state index contributed by atoms with van der Waals surface area (Å²) in [6, 6.07) is 1.32. The molecule has 1 aromatic rings. The van der Waals surface area contributed by atoms with Crippen molar-refractivity contribution in [3.05, 3.63) is 11.3 Å². The number of nitrogens with zero attached hydrogens (tertiary/aromatic N) is 4. The molecular weight excluding hydrogens is 304 g/mol. The highest BCUT2D eigenvalue weighted by atomic mass is 79.9. The maximum atomic E-state index is 4.61. The summed E-state index contributed by atoms with van der Waals surface area (Å²) in [4.78, 5) is 5.24. The zero-order chi connectivity index (χ0) is 13.6. The third-order valence-corrected chi connectivity index (χ3v) is 5.22. The molecule has 2 aliphatic rings. The highest BCUT2D eigenvalue weighted by Crippen LogP contribution is 2.32. The lowest BCUT2D eigenvalue weighted by Gasteiger charge is -2.43. The van der Waals surface area contributed by atoms with Crippen LogP contribution in [0.2, 0.25) is 0 Å². The minimum Gasteiger partial charge on any atom is -0.351 e. The Bertz CT molecular complexity index is 470. The monoisotopic (exact) mass is 326 g/mol. The van der Waals surface area contributed by atoms with Crippen molar-refractivity contribution in [1.82, 2.24) is 14.7 Å². The molecule has 5 heteroatoms. The maximum Gasteiger partial charge on any atom is 0.131 e. The van der Waals surface area contributed by atoms with Crippen molar-refractivity contribution in [2.75, 3.05) is 24.5 Å². The van der Waals surface area contributed by atoms with Gasteiger partial charge in [-0.15, -0.1) is 0 Å². The normalized spacial score (nSPS) is 27.9. The topological polar surface area (TPSA) is 24.3 Å². The van der Waals surface area contributed by atoms with E-state index in [1.165, 1.54) is 37.3 Å². The second kappa shape index (κ2) is 5.09. The predicted molar refractivity (Wildman–Crippen MR) is 82.0 cm³/mol. The van der Waals surface area contributed by atoms with Crippen molar-refractivity contribution in [1.29, 1.82) is 0 Å². The Hall–Kier alpha value is -0.550. The first-order valence-electron chi connectivity index (χ1n) is 7.21. The average molecular weight is 327 g/mol. The Morgan fingerprint density at radius 1 is 1.37 bits per heavy atom. The molecule has 19 heavy (non-hydrogen) atoms. The van der Waals surface area contributed by atoms with Crippen LogP contribution in [-0.4, -0.2) is 46.4 Å². The summed E-state index contributed by atoms with van der Waals surface area (Å²) in [5.74, 6) is 1.31. The SMILES string of the molecule is Cc1nn(C)c(N2CC3CCCN3CC2C)c1CBr. The smallest absolute Gasteiger partial charge is 0.131 e. The first-order chi connectivity index (χ1) is 9.11. The van der Waals surface area contributed by atoms with Crippen LogP contribution in [0, 0.1) is 6.92 Å². The lowest BCUT2D eigenvalue weighted by Crippen LogP contribution is -2.55. The van der Waals surface area contributed by atoms with E-state index in [-0.39, 0.29) is 0 Å². The summed E-state index contributed by atoms with van der Waals surface area (Å²) in [7, 11) is 2.07. The third-order valence-electron chi connectivity index (χ3n) is 4.66. The molecule has 106 valence electrons. The van der Waals surface area contributed by atoms with E-state index in [0.717, 1.165) is 23.6 Å². The van der Waals surface area contributed by atoms with Crippen LogP contribution >= 0.6 is 15.9 Å². The lowest BCUT2D eigenvalue weighted by atomic mass is 10.1. The number of alkyl halides is 1. The van der Waals surface area contributed by atoms with E-state index < -0.39 is 0 Å². The molecular formula is C14H23BrN4. The summed E-state index contributed by atoms with van der Waals surface area (Å²) >= 11 is 3.63. The van der Waals surface area contributed by atoms with Crippen LogP contribution in [0.1, 0.15) is 31.0 Å². The molecule has 3 rings (SSSR count). The predicted octanol–water partition coefficient (Wildman–Crippen LogP) is 2.30. The van der Waals surface area contributed by atoms with Crippen LogP contribution in [0.25, 0.3) is 0 Å². The van der Waals surface area contributed by atoms with Crippen molar-refractivity contribution in [3.63, 3.8) is 0 Å². The van der Waals surface area contributed by atoms with Gasteiger partial charge >= 0.3 is 0 Å². The van der Waals surface area contributed by atoms with Crippen molar-refractivity contribution in [3.8, 4) is 0 Å². The summed E-state index contributed by atoms with van der Waals surface area (Å²) in [6.07, 6.45) is 2.71. The number of piperazine rings is 1. The number of rotatable bonds is 2. The van der Waals surface area contributed by atoms with Crippen LogP contribution in [-0.2, 0) is 12.4 Å². The van der Waals surface area contributed by atoms with Gasteiger partial charge in [0.1, 0.15) is 5.82 Å². The number of anilines is 1. The number of fused-ring (bicyclic) bond motifs is 1. The Labute approximate surface area is 123 Å². The largest absolute Gasteiger partial charge is 0.351 e. The molecule has 0 radical (unpaired) electrons. The maximum absolute atomic E-state index is 4.61. The molecule has 2 aliphatic heterocycles. The Balaban J connectivity index is 1.93. The fourth-order valence-corrected chi connectivity index (χ4v) is 4.34. The van der Waals surface area contributed by atoms with Gasteiger partial charge in [-0.2, -0.15) is 5.10 Å². The van der Waals surface area contributed by atoms with E-state index in [9.17, 15) is 0 Å². The second-order valence-corrected chi connectivity index (χ2v) is 6.50. The molecule has 2 fully saturated rings. The van der Waals surface area contributed by atoms with Crippen LogP contribution < -0.4 is 4.90 Å². The van der Waals surface area contributed by atoms with E-state index in [0.29, 0.717) is 6.04 Å². The Morgan fingerprint density at radius 3 is 2.89 bits per heavy atom. The number of hydrogen-bond acceptors (Lipinski definition) is 3.